The van der Waals surface area contributed by atoms with Gasteiger partial charge < -0.3 is 18.6 Å². The maximum atomic E-state index is 14.5. The van der Waals surface area contributed by atoms with Crippen molar-refractivity contribution >= 4 is 14.4 Å². The van der Waals surface area contributed by atoms with Gasteiger partial charge in [0.15, 0.2) is 14.5 Å². The molecule has 1 aliphatic rings. The summed E-state index contributed by atoms with van der Waals surface area (Å²) < 4.78 is 65.2. The summed E-state index contributed by atoms with van der Waals surface area (Å²) in [6, 6.07) is 13.7. The third kappa shape index (κ3) is 5.34. The Morgan fingerprint density at radius 1 is 1.09 bits per heavy atom. The number of carbonyl (C=O) groups is 1. The SMILES string of the molecule is COc1ccc([C@@H]2O[C@@](O[Si](C)(C)C)(C(F)(F)F)[C@H](C)N2C(=O)OCc2ccccc2)cc1. The number of halogens is 3. The van der Waals surface area contributed by atoms with E-state index in [0.717, 1.165) is 4.90 Å². The molecule has 33 heavy (non-hydrogen) atoms. The zero-order valence-corrected chi connectivity index (χ0v) is 20.2. The van der Waals surface area contributed by atoms with Gasteiger partial charge in [-0.1, -0.05) is 42.5 Å². The van der Waals surface area contributed by atoms with Crippen LogP contribution in [0.2, 0.25) is 19.6 Å². The maximum absolute atomic E-state index is 14.5. The fraction of sp³-hybridized carbons (Fsp3) is 0.435. The minimum atomic E-state index is -4.90. The minimum absolute atomic E-state index is 0.0911. The molecule has 0 N–H and O–H groups in total. The molecule has 6 nitrogen and oxygen atoms in total. The molecule has 0 radical (unpaired) electrons. The molecule has 180 valence electrons. The van der Waals surface area contributed by atoms with Crippen molar-refractivity contribution in [2.45, 2.75) is 57.4 Å². The first-order chi connectivity index (χ1) is 15.4. The summed E-state index contributed by atoms with van der Waals surface area (Å²) in [5.41, 5.74) is 1.05. The molecule has 0 unspecified atom stereocenters. The van der Waals surface area contributed by atoms with Crippen LogP contribution in [-0.2, 0) is 20.5 Å². The van der Waals surface area contributed by atoms with Crippen LogP contribution >= 0.6 is 0 Å². The highest BCUT2D eigenvalue weighted by Gasteiger charge is 2.70. The van der Waals surface area contributed by atoms with E-state index < -0.39 is 38.6 Å². The quantitative estimate of drug-likeness (QED) is 0.482. The van der Waals surface area contributed by atoms with Crippen molar-refractivity contribution in [1.29, 1.82) is 0 Å². The van der Waals surface area contributed by atoms with Crippen molar-refractivity contribution < 1.29 is 36.6 Å². The molecule has 2 aromatic carbocycles. The second-order valence-electron chi connectivity index (χ2n) is 8.75. The Kier molecular flexibility index (Phi) is 7.11. The summed E-state index contributed by atoms with van der Waals surface area (Å²) in [6.07, 6.45) is -7.20. The van der Waals surface area contributed by atoms with Crippen LogP contribution in [0, 0.1) is 0 Å². The van der Waals surface area contributed by atoms with Crippen molar-refractivity contribution in [3.8, 4) is 5.75 Å². The van der Waals surface area contributed by atoms with Crippen LogP contribution in [0.3, 0.4) is 0 Å². The zero-order valence-electron chi connectivity index (χ0n) is 19.2. The van der Waals surface area contributed by atoms with Gasteiger partial charge in [0.25, 0.3) is 5.79 Å². The lowest BCUT2D eigenvalue weighted by Gasteiger charge is -2.39. The fourth-order valence-corrected chi connectivity index (χ4v) is 4.92. The highest BCUT2D eigenvalue weighted by Crippen LogP contribution is 2.51. The number of amides is 1. The number of hydrogen-bond donors (Lipinski definition) is 0. The molecule has 0 bridgehead atoms. The van der Waals surface area contributed by atoms with Crippen molar-refractivity contribution in [3.63, 3.8) is 0 Å². The predicted molar refractivity (Wildman–Crippen MR) is 118 cm³/mol. The van der Waals surface area contributed by atoms with Crippen LogP contribution in [0.15, 0.2) is 54.6 Å². The third-order valence-corrected chi connectivity index (χ3v) is 6.09. The second-order valence-corrected chi connectivity index (χ2v) is 13.2. The van der Waals surface area contributed by atoms with Gasteiger partial charge in [-0.25, -0.2) is 4.79 Å². The Bertz CT molecular complexity index is 949. The van der Waals surface area contributed by atoms with Gasteiger partial charge >= 0.3 is 12.3 Å². The number of rotatable bonds is 6. The van der Waals surface area contributed by atoms with Gasteiger partial charge in [0, 0.05) is 5.56 Å². The Hall–Kier alpha value is -2.56. The van der Waals surface area contributed by atoms with E-state index in [4.69, 9.17) is 18.6 Å². The van der Waals surface area contributed by atoms with Crippen LogP contribution in [0.5, 0.6) is 5.75 Å². The smallest absolute Gasteiger partial charge is 0.444 e. The second kappa shape index (κ2) is 9.36. The summed E-state index contributed by atoms with van der Waals surface area (Å²) in [6.45, 7) is 6.08. The van der Waals surface area contributed by atoms with Crippen LogP contribution in [-0.4, -0.2) is 44.4 Å². The molecule has 0 aromatic heterocycles. The van der Waals surface area contributed by atoms with Crippen molar-refractivity contribution in [1.82, 2.24) is 4.90 Å². The van der Waals surface area contributed by atoms with Crippen molar-refractivity contribution in [2.24, 2.45) is 0 Å². The van der Waals surface area contributed by atoms with E-state index in [0.29, 0.717) is 16.9 Å². The molecular formula is C23H28F3NO5Si. The Balaban J connectivity index is 2.00. The van der Waals surface area contributed by atoms with E-state index in [1.807, 2.05) is 6.07 Å². The molecule has 1 heterocycles. The van der Waals surface area contributed by atoms with Crippen molar-refractivity contribution in [3.05, 3.63) is 65.7 Å². The molecule has 0 saturated carbocycles. The molecule has 3 rings (SSSR count). The molecule has 1 amide bonds. The van der Waals surface area contributed by atoms with Crippen LogP contribution in [0.25, 0.3) is 0 Å². The molecule has 3 atom stereocenters. The first kappa shape index (κ1) is 25.1. The molecule has 1 saturated heterocycles. The predicted octanol–water partition coefficient (Wildman–Crippen LogP) is 5.86. The summed E-state index contributed by atoms with van der Waals surface area (Å²) in [5.74, 6) is -2.48. The molecular weight excluding hydrogens is 455 g/mol. The van der Waals surface area contributed by atoms with Gasteiger partial charge in [-0.3, -0.25) is 4.90 Å². The maximum Gasteiger partial charge on any atom is 0.444 e. The minimum Gasteiger partial charge on any atom is -0.497 e. The lowest BCUT2D eigenvalue weighted by Crippen LogP contribution is -2.60. The Morgan fingerprint density at radius 2 is 1.70 bits per heavy atom. The topological polar surface area (TPSA) is 57.2 Å². The fourth-order valence-electron chi connectivity index (χ4n) is 3.68. The van der Waals surface area contributed by atoms with Crippen LogP contribution in [0.1, 0.15) is 24.3 Å². The normalized spacial score (nSPS) is 23.5. The summed E-state index contributed by atoms with van der Waals surface area (Å²) in [7, 11) is -1.29. The number of carbonyl (C=O) groups excluding carboxylic acids is 1. The number of hydrogen-bond acceptors (Lipinski definition) is 5. The van der Waals surface area contributed by atoms with Gasteiger partial charge in [-0.05, 0) is 44.3 Å². The number of benzene rings is 2. The standard InChI is InChI=1S/C23H28F3NO5Si/c1-16-22(23(24,25)26,32-33(3,4)5)31-20(18-11-13-19(29-2)14-12-18)27(16)21(28)30-15-17-9-7-6-8-10-17/h6-14,16,20H,15H2,1-5H3/t16-,20-,22-/m0/s1. The lowest BCUT2D eigenvalue weighted by molar-refractivity contribution is -0.352. The summed E-state index contributed by atoms with van der Waals surface area (Å²) in [4.78, 5) is 14.1. The van der Waals surface area contributed by atoms with Gasteiger partial charge in [-0.15, -0.1) is 0 Å². The summed E-state index contributed by atoms with van der Waals surface area (Å²) >= 11 is 0. The number of methoxy groups -OCH3 is 1. The Labute approximate surface area is 192 Å². The highest BCUT2D eigenvalue weighted by atomic mass is 28.4. The largest absolute Gasteiger partial charge is 0.497 e. The molecule has 2 aromatic rings. The average Bonchev–Trinajstić information content (AvgIpc) is 3.04. The van der Waals surface area contributed by atoms with Crippen molar-refractivity contribution in [2.75, 3.05) is 7.11 Å². The van der Waals surface area contributed by atoms with Gasteiger partial charge in [-0.2, -0.15) is 13.2 Å². The van der Waals surface area contributed by atoms with E-state index in [9.17, 15) is 18.0 Å². The Morgan fingerprint density at radius 3 is 2.21 bits per heavy atom. The third-order valence-electron chi connectivity index (χ3n) is 5.18. The first-order valence-electron chi connectivity index (χ1n) is 10.5. The van der Waals surface area contributed by atoms with Crippen LogP contribution in [0.4, 0.5) is 18.0 Å². The monoisotopic (exact) mass is 483 g/mol. The van der Waals surface area contributed by atoms with E-state index in [1.54, 1.807) is 68.2 Å². The highest BCUT2D eigenvalue weighted by molar-refractivity contribution is 6.69. The van der Waals surface area contributed by atoms with Gasteiger partial charge in [0.1, 0.15) is 12.4 Å². The lowest BCUT2D eigenvalue weighted by atomic mass is 10.1. The first-order valence-corrected chi connectivity index (χ1v) is 13.9. The van der Waals surface area contributed by atoms with Gasteiger partial charge in [0.2, 0.25) is 0 Å². The summed E-state index contributed by atoms with van der Waals surface area (Å²) in [5, 5.41) is 0. The number of alkyl halides is 3. The molecule has 0 spiro atoms. The van der Waals surface area contributed by atoms with E-state index in [1.165, 1.54) is 14.0 Å². The number of ether oxygens (including phenoxy) is 3. The number of nitrogens with zero attached hydrogens (tertiary/aromatic N) is 1. The molecule has 1 aliphatic heterocycles. The molecule has 0 aliphatic carbocycles. The average molecular weight is 484 g/mol. The van der Waals surface area contributed by atoms with E-state index >= 15 is 0 Å². The van der Waals surface area contributed by atoms with E-state index in [2.05, 4.69) is 0 Å². The molecule has 10 heteroatoms. The zero-order chi connectivity index (χ0) is 24.4. The van der Waals surface area contributed by atoms with E-state index in [-0.39, 0.29) is 6.61 Å². The van der Waals surface area contributed by atoms with Crippen LogP contribution < -0.4 is 4.74 Å². The molecule has 1 fully saturated rings. The van der Waals surface area contributed by atoms with Gasteiger partial charge in [0.05, 0.1) is 13.2 Å².